The number of hydrogen-bond donors (Lipinski definition) is 1. The molecular formula is C14H17Cl2N3O. The Hall–Kier alpha value is -1.23. The van der Waals surface area contributed by atoms with E-state index in [4.69, 9.17) is 27.9 Å². The minimum absolute atomic E-state index is 0.537. The molecule has 0 saturated heterocycles. The first kappa shape index (κ1) is 15.2. The topological polar surface area (TPSA) is 39.1 Å². The van der Waals surface area contributed by atoms with Crippen LogP contribution in [0, 0.1) is 0 Å². The summed E-state index contributed by atoms with van der Waals surface area (Å²) in [7, 11) is 1.61. The molecule has 0 fully saturated rings. The summed E-state index contributed by atoms with van der Waals surface area (Å²) in [5.41, 5.74) is 0.965. The van der Waals surface area contributed by atoms with Crippen LogP contribution >= 0.6 is 23.2 Å². The van der Waals surface area contributed by atoms with Gasteiger partial charge >= 0.3 is 0 Å². The maximum absolute atomic E-state index is 6.09. The van der Waals surface area contributed by atoms with Crippen molar-refractivity contribution in [3.8, 4) is 5.75 Å². The van der Waals surface area contributed by atoms with Crippen LogP contribution in [0.1, 0.15) is 12.0 Å². The summed E-state index contributed by atoms with van der Waals surface area (Å²) in [4.78, 5) is 4.01. The number of aryl methyl sites for hydroxylation is 1. The number of imidazole rings is 1. The van der Waals surface area contributed by atoms with E-state index in [2.05, 4.69) is 14.9 Å². The van der Waals surface area contributed by atoms with E-state index < -0.39 is 0 Å². The van der Waals surface area contributed by atoms with Crippen molar-refractivity contribution >= 4 is 23.2 Å². The Morgan fingerprint density at radius 1 is 1.35 bits per heavy atom. The van der Waals surface area contributed by atoms with Crippen LogP contribution < -0.4 is 10.1 Å². The Morgan fingerprint density at radius 2 is 2.20 bits per heavy atom. The number of nitrogens with zero attached hydrogens (tertiary/aromatic N) is 2. The molecule has 1 aromatic heterocycles. The van der Waals surface area contributed by atoms with Gasteiger partial charge in [-0.25, -0.2) is 4.98 Å². The van der Waals surface area contributed by atoms with Gasteiger partial charge in [-0.3, -0.25) is 0 Å². The lowest BCUT2D eigenvalue weighted by Gasteiger charge is -2.12. The summed E-state index contributed by atoms with van der Waals surface area (Å²) in [5.74, 6) is 0.679. The number of hydrogen-bond acceptors (Lipinski definition) is 3. The van der Waals surface area contributed by atoms with E-state index in [9.17, 15) is 0 Å². The second-order valence-electron chi connectivity index (χ2n) is 4.41. The molecule has 2 rings (SSSR count). The summed E-state index contributed by atoms with van der Waals surface area (Å²) < 4.78 is 7.36. The summed E-state index contributed by atoms with van der Waals surface area (Å²) in [6.07, 6.45) is 6.58. The maximum atomic E-state index is 6.09. The number of rotatable bonds is 7. The van der Waals surface area contributed by atoms with Gasteiger partial charge in [0.25, 0.3) is 0 Å². The van der Waals surface area contributed by atoms with E-state index in [1.165, 1.54) is 0 Å². The minimum Gasteiger partial charge on any atom is -0.495 e. The number of aromatic nitrogens is 2. The van der Waals surface area contributed by atoms with Gasteiger partial charge in [-0.15, -0.1) is 0 Å². The molecule has 0 aliphatic rings. The van der Waals surface area contributed by atoms with Crippen LogP contribution in [-0.2, 0) is 13.1 Å². The molecule has 6 heteroatoms. The molecule has 0 aliphatic heterocycles. The van der Waals surface area contributed by atoms with Gasteiger partial charge in [0.2, 0.25) is 0 Å². The van der Waals surface area contributed by atoms with E-state index in [-0.39, 0.29) is 0 Å². The summed E-state index contributed by atoms with van der Waals surface area (Å²) >= 11 is 12.1. The van der Waals surface area contributed by atoms with E-state index in [0.29, 0.717) is 22.3 Å². The molecule has 1 aromatic carbocycles. The summed E-state index contributed by atoms with van der Waals surface area (Å²) in [5, 5.41) is 4.52. The van der Waals surface area contributed by atoms with Gasteiger partial charge in [0.1, 0.15) is 5.75 Å². The highest BCUT2D eigenvalue weighted by Crippen LogP contribution is 2.31. The van der Waals surface area contributed by atoms with Gasteiger partial charge in [0, 0.05) is 36.1 Å². The smallest absolute Gasteiger partial charge is 0.142 e. The van der Waals surface area contributed by atoms with Gasteiger partial charge in [0.15, 0.2) is 0 Å². The zero-order valence-electron chi connectivity index (χ0n) is 11.3. The highest BCUT2D eigenvalue weighted by Gasteiger charge is 2.09. The van der Waals surface area contributed by atoms with Gasteiger partial charge in [-0.1, -0.05) is 23.2 Å². The molecule has 0 radical (unpaired) electrons. The predicted molar refractivity (Wildman–Crippen MR) is 81.6 cm³/mol. The van der Waals surface area contributed by atoms with Crippen LogP contribution in [0.3, 0.4) is 0 Å². The lowest BCUT2D eigenvalue weighted by molar-refractivity contribution is 0.407. The molecule has 1 N–H and O–H groups in total. The number of nitrogens with one attached hydrogen (secondary N) is 1. The lowest BCUT2D eigenvalue weighted by Crippen LogP contribution is -2.17. The number of ether oxygens (including phenoxy) is 1. The van der Waals surface area contributed by atoms with Crippen molar-refractivity contribution in [2.75, 3.05) is 13.7 Å². The Morgan fingerprint density at radius 3 is 2.90 bits per heavy atom. The summed E-state index contributed by atoms with van der Waals surface area (Å²) in [6.45, 7) is 2.51. The molecule has 108 valence electrons. The quantitative estimate of drug-likeness (QED) is 0.796. The number of benzene rings is 1. The average molecular weight is 314 g/mol. The first-order valence-corrected chi connectivity index (χ1v) is 7.14. The standard InChI is InChI=1S/C14H17Cl2N3O/c1-20-14-11(7-12(15)8-13(14)16)9-17-3-2-5-19-6-4-18-10-19/h4,6-8,10,17H,2-3,5,9H2,1H3. The monoisotopic (exact) mass is 313 g/mol. The molecule has 1 heterocycles. The van der Waals surface area contributed by atoms with Crippen molar-refractivity contribution in [2.45, 2.75) is 19.5 Å². The molecule has 2 aromatic rings. The van der Waals surface area contributed by atoms with Crippen molar-refractivity contribution < 1.29 is 4.74 Å². The van der Waals surface area contributed by atoms with Crippen LogP contribution in [0.15, 0.2) is 30.9 Å². The molecule has 0 spiro atoms. The molecule has 0 atom stereocenters. The SMILES string of the molecule is COc1c(Cl)cc(Cl)cc1CNCCCn1ccnc1. The average Bonchev–Trinajstić information content (AvgIpc) is 2.91. The van der Waals surface area contributed by atoms with Gasteiger partial charge in [-0.2, -0.15) is 0 Å². The molecule has 0 saturated carbocycles. The van der Waals surface area contributed by atoms with Crippen molar-refractivity contribution in [3.63, 3.8) is 0 Å². The zero-order chi connectivity index (χ0) is 14.4. The van der Waals surface area contributed by atoms with E-state index in [0.717, 1.165) is 25.1 Å². The van der Waals surface area contributed by atoms with Crippen molar-refractivity contribution in [2.24, 2.45) is 0 Å². The fraction of sp³-hybridized carbons (Fsp3) is 0.357. The fourth-order valence-corrected chi connectivity index (χ4v) is 2.61. The zero-order valence-corrected chi connectivity index (χ0v) is 12.8. The molecular weight excluding hydrogens is 297 g/mol. The molecule has 20 heavy (non-hydrogen) atoms. The van der Waals surface area contributed by atoms with Gasteiger partial charge in [0.05, 0.1) is 18.5 Å². The highest BCUT2D eigenvalue weighted by atomic mass is 35.5. The molecule has 4 nitrogen and oxygen atoms in total. The second kappa shape index (κ2) is 7.53. The maximum Gasteiger partial charge on any atom is 0.142 e. The Labute approximate surface area is 128 Å². The largest absolute Gasteiger partial charge is 0.495 e. The van der Waals surface area contributed by atoms with Crippen LogP contribution in [0.2, 0.25) is 10.0 Å². The Balaban J connectivity index is 1.81. The van der Waals surface area contributed by atoms with Crippen molar-refractivity contribution in [3.05, 3.63) is 46.5 Å². The molecule has 0 bridgehead atoms. The predicted octanol–water partition coefficient (Wildman–Crippen LogP) is 3.38. The van der Waals surface area contributed by atoms with Crippen LogP contribution in [-0.4, -0.2) is 23.2 Å². The third-order valence-corrected chi connectivity index (χ3v) is 3.43. The molecule has 0 aliphatic carbocycles. The molecule has 0 amide bonds. The third-order valence-electron chi connectivity index (χ3n) is 2.93. The van der Waals surface area contributed by atoms with Crippen LogP contribution in [0.5, 0.6) is 5.75 Å². The first-order chi connectivity index (χ1) is 9.70. The van der Waals surface area contributed by atoms with E-state index in [1.807, 2.05) is 18.6 Å². The first-order valence-electron chi connectivity index (χ1n) is 6.39. The molecule has 0 unspecified atom stereocenters. The normalized spacial score (nSPS) is 10.8. The van der Waals surface area contributed by atoms with Crippen LogP contribution in [0.4, 0.5) is 0 Å². The Bertz CT molecular complexity index is 544. The van der Waals surface area contributed by atoms with Gasteiger partial charge < -0.3 is 14.6 Å². The number of methoxy groups -OCH3 is 1. The van der Waals surface area contributed by atoms with E-state index in [1.54, 1.807) is 19.4 Å². The number of halogens is 2. The van der Waals surface area contributed by atoms with E-state index >= 15 is 0 Å². The fourth-order valence-electron chi connectivity index (χ4n) is 2.00. The van der Waals surface area contributed by atoms with Gasteiger partial charge in [-0.05, 0) is 25.1 Å². The van der Waals surface area contributed by atoms with Crippen molar-refractivity contribution in [1.82, 2.24) is 14.9 Å². The van der Waals surface area contributed by atoms with Crippen LogP contribution in [0.25, 0.3) is 0 Å². The second-order valence-corrected chi connectivity index (χ2v) is 5.25. The summed E-state index contributed by atoms with van der Waals surface area (Å²) in [6, 6.07) is 3.56. The van der Waals surface area contributed by atoms with Crippen molar-refractivity contribution in [1.29, 1.82) is 0 Å². The third kappa shape index (κ3) is 4.13. The highest BCUT2D eigenvalue weighted by molar-refractivity contribution is 6.35. The Kier molecular flexibility index (Phi) is 5.71. The minimum atomic E-state index is 0.537. The lowest BCUT2D eigenvalue weighted by atomic mass is 10.2.